The highest BCUT2D eigenvalue weighted by molar-refractivity contribution is 5.96. The number of hydrogen-bond acceptors (Lipinski definition) is 7. The van der Waals surface area contributed by atoms with Crippen LogP contribution in [-0.2, 0) is 4.74 Å². The average Bonchev–Trinajstić information content (AvgIpc) is 2.60. The molecule has 0 aliphatic carbocycles. The van der Waals surface area contributed by atoms with E-state index in [2.05, 4.69) is 47.9 Å². The van der Waals surface area contributed by atoms with Crippen LogP contribution in [0.4, 0.5) is 17.5 Å². The number of aromatic nitrogens is 3. The quantitative estimate of drug-likeness (QED) is 0.868. The zero-order valence-corrected chi connectivity index (χ0v) is 16.4. The summed E-state index contributed by atoms with van der Waals surface area (Å²) in [6, 6.07) is 0. The molecule has 2 aromatic heterocycles. The van der Waals surface area contributed by atoms with Crippen LogP contribution in [0.25, 0.3) is 10.9 Å². The van der Waals surface area contributed by atoms with E-state index in [0.29, 0.717) is 17.7 Å². The number of nitrogens with two attached hydrogens (primary N) is 1. The third kappa shape index (κ3) is 3.82. The van der Waals surface area contributed by atoms with Gasteiger partial charge in [-0.3, -0.25) is 0 Å². The lowest BCUT2D eigenvalue weighted by Gasteiger charge is -2.38. The van der Waals surface area contributed by atoms with E-state index in [9.17, 15) is 0 Å². The van der Waals surface area contributed by atoms with Gasteiger partial charge >= 0.3 is 0 Å². The van der Waals surface area contributed by atoms with Crippen molar-refractivity contribution in [3.8, 4) is 0 Å². The highest BCUT2D eigenvalue weighted by Gasteiger charge is 2.29. The minimum atomic E-state index is -0.118. The molecule has 3 rings (SSSR count). The molecule has 3 heterocycles. The molecule has 1 saturated heterocycles. The molecule has 2 atom stereocenters. The van der Waals surface area contributed by atoms with Gasteiger partial charge in [-0.15, -0.1) is 0 Å². The number of hydrogen-bond donors (Lipinski definition) is 2. The van der Waals surface area contributed by atoms with Gasteiger partial charge in [-0.1, -0.05) is 13.3 Å². The Morgan fingerprint density at radius 3 is 2.73 bits per heavy atom. The Morgan fingerprint density at radius 2 is 2.08 bits per heavy atom. The lowest BCUT2D eigenvalue weighted by Crippen LogP contribution is -2.44. The molecule has 2 aromatic rings. The molecule has 0 aromatic carbocycles. The molecular weight excluding hydrogens is 328 g/mol. The smallest absolute Gasteiger partial charge is 0.223 e. The minimum absolute atomic E-state index is 0.118. The summed E-state index contributed by atoms with van der Waals surface area (Å²) in [5.74, 6) is 1.65. The van der Waals surface area contributed by atoms with Crippen molar-refractivity contribution in [2.24, 2.45) is 5.92 Å². The van der Waals surface area contributed by atoms with Crippen molar-refractivity contribution >= 4 is 28.4 Å². The van der Waals surface area contributed by atoms with Crippen molar-refractivity contribution in [3.63, 3.8) is 0 Å². The Hall–Kier alpha value is -2.15. The number of piperidine rings is 1. The van der Waals surface area contributed by atoms with Crippen LogP contribution in [0.1, 0.15) is 40.5 Å². The third-order valence-electron chi connectivity index (χ3n) is 4.98. The standard InChI is InChI=1S/C19H30N6O/c1-6-12-7-8-25(11-15(12)26-5)14-10-21-17(20)13-9-22-18(23-16(13)14)24-19(2,3)4/h9-10,12,15H,6-8,11H2,1-5H3,(H2,20,21)(H,22,23,24)/t12?,15-/m1/s1. The van der Waals surface area contributed by atoms with Crippen LogP contribution in [0, 0.1) is 5.92 Å². The number of nitrogens with zero attached hydrogens (tertiary/aromatic N) is 4. The molecule has 0 spiro atoms. The lowest BCUT2D eigenvalue weighted by atomic mass is 9.91. The summed E-state index contributed by atoms with van der Waals surface area (Å²) in [5, 5.41) is 4.12. The molecule has 0 saturated carbocycles. The number of ether oxygens (including phenoxy) is 1. The van der Waals surface area contributed by atoms with E-state index in [-0.39, 0.29) is 11.6 Å². The molecule has 3 N–H and O–H groups in total. The van der Waals surface area contributed by atoms with E-state index < -0.39 is 0 Å². The molecule has 7 nitrogen and oxygen atoms in total. The second-order valence-electron chi connectivity index (χ2n) is 8.04. The molecule has 7 heteroatoms. The molecule has 142 valence electrons. The maximum atomic E-state index is 6.07. The van der Waals surface area contributed by atoms with Gasteiger partial charge in [-0.2, -0.15) is 0 Å². The van der Waals surface area contributed by atoms with Crippen molar-refractivity contribution in [3.05, 3.63) is 12.4 Å². The van der Waals surface area contributed by atoms with Gasteiger partial charge in [0.05, 0.1) is 23.4 Å². The van der Waals surface area contributed by atoms with Crippen LogP contribution in [0.2, 0.25) is 0 Å². The molecule has 0 amide bonds. The topological polar surface area (TPSA) is 89.2 Å². The van der Waals surface area contributed by atoms with Crippen LogP contribution in [-0.4, -0.2) is 46.8 Å². The molecule has 26 heavy (non-hydrogen) atoms. The number of nitrogens with one attached hydrogen (secondary N) is 1. The van der Waals surface area contributed by atoms with E-state index >= 15 is 0 Å². The molecule has 1 unspecified atom stereocenters. The number of anilines is 3. The molecule has 1 fully saturated rings. The Morgan fingerprint density at radius 1 is 1.31 bits per heavy atom. The highest BCUT2D eigenvalue weighted by atomic mass is 16.5. The van der Waals surface area contributed by atoms with Crippen molar-refractivity contribution in [1.29, 1.82) is 0 Å². The third-order valence-corrected chi connectivity index (χ3v) is 4.98. The van der Waals surface area contributed by atoms with Gasteiger partial charge in [-0.25, -0.2) is 15.0 Å². The first-order valence-corrected chi connectivity index (χ1v) is 9.29. The SMILES string of the molecule is CCC1CCN(c2cnc(N)c3cnc(NC(C)(C)C)nc23)C[C@H]1OC. The predicted molar refractivity (Wildman–Crippen MR) is 107 cm³/mol. The summed E-state index contributed by atoms with van der Waals surface area (Å²) in [6.07, 6.45) is 6.03. The predicted octanol–water partition coefficient (Wildman–Crippen LogP) is 3.07. The zero-order chi connectivity index (χ0) is 18.9. The lowest BCUT2D eigenvalue weighted by molar-refractivity contribution is 0.0410. The first-order chi connectivity index (χ1) is 12.3. The first-order valence-electron chi connectivity index (χ1n) is 9.29. The summed E-state index contributed by atoms with van der Waals surface area (Å²) in [5.41, 5.74) is 7.78. The van der Waals surface area contributed by atoms with Gasteiger partial charge < -0.3 is 20.7 Å². The number of nitrogen functional groups attached to an aromatic ring is 1. The first kappa shape index (κ1) is 18.6. The van der Waals surface area contributed by atoms with Crippen LogP contribution >= 0.6 is 0 Å². The van der Waals surface area contributed by atoms with Gasteiger partial charge in [0.1, 0.15) is 11.3 Å². The number of pyridine rings is 1. The number of fused-ring (bicyclic) bond motifs is 1. The van der Waals surface area contributed by atoms with Crippen LogP contribution in [0.3, 0.4) is 0 Å². The van der Waals surface area contributed by atoms with Gasteiger partial charge in [0, 0.05) is 31.9 Å². The summed E-state index contributed by atoms with van der Waals surface area (Å²) in [4.78, 5) is 15.9. The van der Waals surface area contributed by atoms with E-state index in [1.165, 1.54) is 0 Å². The number of methoxy groups -OCH3 is 1. The Balaban J connectivity index is 1.99. The van der Waals surface area contributed by atoms with E-state index in [0.717, 1.165) is 42.5 Å². The second-order valence-corrected chi connectivity index (χ2v) is 8.04. The summed E-state index contributed by atoms with van der Waals surface area (Å²) in [7, 11) is 1.80. The zero-order valence-electron chi connectivity index (χ0n) is 16.4. The normalized spacial score (nSPS) is 21.2. The van der Waals surface area contributed by atoms with Crippen molar-refractivity contribution < 1.29 is 4.74 Å². The van der Waals surface area contributed by atoms with Gasteiger partial charge in [-0.05, 0) is 33.1 Å². The van der Waals surface area contributed by atoms with Gasteiger partial charge in [0.2, 0.25) is 5.95 Å². The molecule has 1 aliphatic heterocycles. The van der Waals surface area contributed by atoms with E-state index in [1.54, 1.807) is 13.3 Å². The van der Waals surface area contributed by atoms with Crippen molar-refractivity contribution in [2.75, 3.05) is 36.1 Å². The molecule has 0 radical (unpaired) electrons. The molecule has 0 bridgehead atoms. The van der Waals surface area contributed by atoms with Gasteiger partial charge in [0.15, 0.2) is 0 Å². The summed E-state index contributed by atoms with van der Waals surface area (Å²) < 4.78 is 5.74. The fourth-order valence-electron chi connectivity index (χ4n) is 3.57. The maximum absolute atomic E-state index is 6.07. The molecule has 1 aliphatic rings. The van der Waals surface area contributed by atoms with Crippen LogP contribution < -0.4 is 16.0 Å². The molecular formula is C19H30N6O. The fraction of sp³-hybridized carbons (Fsp3) is 0.632. The largest absolute Gasteiger partial charge is 0.383 e. The summed E-state index contributed by atoms with van der Waals surface area (Å²) >= 11 is 0. The Bertz CT molecular complexity index is 772. The maximum Gasteiger partial charge on any atom is 0.223 e. The second kappa shape index (κ2) is 7.23. The van der Waals surface area contributed by atoms with Crippen LogP contribution in [0.5, 0.6) is 0 Å². The fourth-order valence-corrected chi connectivity index (χ4v) is 3.57. The Kier molecular flexibility index (Phi) is 5.18. The number of rotatable bonds is 4. The highest BCUT2D eigenvalue weighted by Crippen LogP contribution is 2.32. The van der Waals surface area contributed by atoms with Crippen molar-refractivity contribution in [1.82, 2.24) is 15.0 Å². The summed E-state index contributed by atoms with van der Waals surface area (Å²) in [6.45, 7) is 10.3. The average molecular weight is 358 g/mol. The Labute approximate surface area is 155 Å². The van der Waals surface area contributed by atoms with Crippen LogP contribution in [0.15, 0.2) is 12.4 Å². The van der Waals surface area contributed by atoms with E-state index in [4.69, 9.17) is 15.5 Å². The van der Waals surface area contributed by atoms with E-state index in [1.807, 2.05) is 6.20 Å². The van der Waals surface area contributed by atoms with Crippen molar-refractivity contribution in [2.45, 2.75) is 52.2 Å². The van der Waals surface area contributed by atoms with Gasteiger partial charge in [0.25, 0.3) is 0 Å². The minimum Gasteiger partial charge on any atom is -0.383 e. The monoisotopic (exact) mass is 358 g/mol.